The van der Waals surface area contributed by atoms with E-state index in [1.54, 1.807) is 13.0 Å². The van der Waals surface area contributed by atoms with Gasteiger partial charge in [-0.05, 0) is 25.1 Å². The Morgan fingerprint density at radius 3 is 2.67 bits per heavy atom. The van der Waals surface area contributed by atoms with E-state index in [0.717, 1.165) is 0 Å². The Labute approximate surface area is 134 Å². The third-order valence-electron chi connectivity index (χ3n) is 2.91. The van der Waals surface area contributed by atoms with Gasteiger partial charge in [-0.1, -0.05) is 6.07 Å². The fraction of sp³-hybridized carbons (Fsp3) is 0.333. The molecule has 2 rings (SSSR count). The Morgan fingerprint density at radius 1 is 1.42 bits per heavy atom. The summed E-state index contributed by atoms with van der Waals surface area (Å²) in [7, 11) is 1.51. The Hall–Kier alpha value is -2.55. The van der Waals surface area contributed by atoms with Gasteiger partial charge in [0, 0.05) is 12.7 Å². The molecule has 9 heteroatoms. The number of carboxylic acids is 1. The second-order valence-electron chi connectivity index (χ2n) is 4.91. The van der Waals surface area contributed by atoms with Gasteiger partial charge in [-0.2, -0.15) is 13.2 Å². The Balaban J connectivity index is 2.37. The molecule has 1 N–H and O–H groups in total. The van der Waals surface area contributed by atoms with E-state index in [1.165, 1.54) is 25.3 Å². The highest BCUT2D eigenvalue weighted by atomic mass is 19.4. The molecule has 0 radical (unpaired) electrons. The highest BCUT2D eigenvalue weighted by molar-refractivity contribution is 5.86. The molecule has 1 aromatic heterocycles. The van der Waals surface area contributed by atoms with Crippen LogP contribution in [0.1, 0.15) is 23.2 Å². The summed E-state index contributed by atoms with van der Waals surface area (Å²) in [6.45, 7) is 2.08. The fourth-order valence-electron chi connectivity index (χ4n) is 1.98. The minimum Gasteiger partial charge on any atom is -0.488 e. The summed E-state index contributed by atoms with van der Waals surface area (Å²) in [5.74, 6) is -3.19. The summed E-state index contributed by atoms with van der Waals surface area (Å²) in [6.07, 6.45) is -5.22. The molecule has 130 valence electrons. The Kier molecular flexibility index (Phi) is 5.13. The molecule has 2 aromatic rings. The zero-order valence-electron chi connectivity index (χ0n) is 12.8. The van der Waals surface area contributed by atoms with E-state index < -0.39 is 29.5 Å². The molecule has 0 fully saturated rings. The van der Waals surface area contributed by atoms with Crippen molar-refractivity contribution in [2.45, 2.75) is 19.2 Å². The lowest BCUT2D eigenvalue weighted by Crippen LogP contribution is -2.17. The zero-order chi connectivity index (χ0) is 17.9. The third kappa shape index (κ3) is 4.05. The third-order valence-corrected chi connectivity index (χ3v) is 2.91. The number of rotatable bonds is 6. The maximum atomic E-state index is 12.8. The molecule has 0 saturated heterocycles. The van der Waals surface area contributed by atoms with Crippen molar-refractivity contribution < 1.29 is 37.0 Å². The van der Waals surface area contributed by atoms with Crippen LogP contribution in [0.2, 0.25) is 0 Å². The van der Waals surface area contributed by atoms with Gasteiger partial charge in [0.15, 0.2) is 5.69 Å². The van der Waals surface area contributed by atoms with Gasteiger partial charge in [0.05, 0.1) is 6.61 Å². The van der Waals surface area contributed by atoms with Crippen LogP contribution in [0.4, 0.5) is 13.2 Å². The van der Waals surface area contributed by atoms with Crippen molar-refractivity contribution in [2.75, 3.05) is 13.7 Å². The molecule has 0 amide bonds. The maximum absolute atomic E-state index is 12.8. The van der Waals surface area contributed by atoms with Crippen LogP contribution in [-0.4, -0.2) is 35.9 Å². The number of hydrogen-bond donors (Lipinski definition) is 1. The molecule has 0 aliphatic carbocycles. The van der Waals surface area contributed by atoms with Gasteiger partial charge in [-0.25, -0.2) is 9.78 Å². The number of benzene rings is 1. The van der Waals surface area contributed by atoms with E-state index in [0.29, 0.717) is 12.4 Å². The molecule has 0 bridgehead atoms. The molecule has 6 nitrogen and oxygen atoms in total. The van der Waals surface area contributed by atoms with Crippen molar-refractivity contribution in [3.05, 3.63) is 35.7 Å². The monoisotopic (exact) mass is 345 g/mol. The van der Waals surface area contributed by atoms with Crippen molar-refractivity contribution in [3.63, 3.8) is 0 Å². The highest BCUT2D eigenvalue weighted by Gasteiger charge is 2.41. The molecule has 0 aliphatic heterocycles. The van der Waals surface area contributed by atoms with Crippen LogP contribution in [0.25, 0.3) is 11.5 Å². The number of hydrogen-bond acceptors (Lipinski definition) is 5. The van der Waals surface area contributed by atoms with Gasteiger partial charge >= 0.3 is 12.1 Å². The van der Waals surface area contributed by atoms with Crippen molar-refractivity contribution in [3.8, 4) is 17.2 Å². The molecular formula is C15H14F3NO5. The van der Waals surface area contributed by atoms with Crippen molar-refractivity contribution in [2.24, 2.45) is 0 Å². The number of nitrogens with zero attached hydrogens (tertiary/aromatic N) is 1. The first kappa shape index (κ1) is 17.8. The SMILES string of the molecule is COCC(C)Oc1cccc(-c2nc(C(F)(F)F)c(C(=O)O)o2)c1. The number of aromatic nitrogens is 1. The fourth-order valence-corrected chi connectivity index (χ4v) is 1.98. The first-order valence-corrected chi connectivity index (χ1v) is 6.79. The van der Waals surface area contributed by atoms with Crippen molar-refractivity contribution in [1.82, 2.24) is 4.98 Å². The van der Waals surface area contributed by atoms with Crippen LogP contribution in [0, 0.1) is 0 Å². The van der Waals surface area contributed by atoms with E-state index in [1.807, 2.05) is 0 Å². The summed E-state index contributed by atoms with van der Waals surface area (Å²) in [5.41, 5.74) is -1.42. The average Bonchev–Trinajstić information content (AvgIpc) is 2.93. The molecule has 1 aromatic carbocycles. The molecule has 1 heterocycles. The molecular weight excluding hydrogens is 331 g/mol. The van der Waals surface area contributed by atoms with Crippen molar-refractivity contribution >= 4 is 5.97 Å². The van der Waals surface area contributed by atoms with E-state index in [4.69, 9.17) is 19.0 Å². The highest BCUT2D eigenvalue weighted by Crippen LogP contribution is 2.35. The number of oxazole rings is 1. The minimum absolute atomic E-state index is 0.162. The smallest absolute Gasteiger partial charge is 0.437 e. The van der Waals surface area contributed by atoms with Gasteiger partial charge in [0.1, 0.15) is 11.9 Å². The van der Waals surface area contributed by atoms with Crippen LogP contribution in [0.3, 0.4) is 0 Å². The van der Waals surface area contributed by atoms with E-state index in [-0.39, 0.29) is 11.7 Å². The predicted octanol–water partition coefficient (Wildman–Crippen LogP) is 3.47. The lowest BCUT2D eigenvalue weighted by molar-refractivity contribution is -0.141. The van der Waals surface area contributed by atoms with Gasteiger partial charge in [-0.3, -0.25) is 0 Å². The van der Waals surface area contributed by atoms with Crippen molar-refractivity contribution in [1.29, 1.82) is 0 Å². The van der Waals surface area contributed by atoms with Gasteiger partial charge in [0.25, 0.3) is 0 Å². The molecule has 1 atom stereocenters. The lowest BCUT2D eigenvalue weighted by atomic mass is 10.2. The second kappa shape index (κ2) is 6.91. The van der Waals surface area contributed by atoms with Gasteiger partial charge < -0.3 is 19.0 Å². The van der Waals surface area contributed by atoms with Gasteiger partial charge in [-0.15, -0.1) is 0 Å². The number of aromatic carboxylic acids is 1. The molecule has 0 spiro atoms. The number of ether oxygens (including phenoxy) is 2. The largest absolute Gasteiger partial charge is 0.488 e. The lowest BCUT2D eigenvalue weighted by Gasteiger charge is -2.13. The van der Waals surface area contributed by atoms with Crippen LogP contribution in [-0.2, 0) is 10.9 Å². The summed E-state index contributed by atoms with van der Waals surface area (Å²) in [5, 5.41) is 8.85. The summed E-state index contributed by atoms with van der Waals surface area (Å²) >= 11 is 0. The summed E-state index contributed by atoms with van der Waals surface area (Å²) in [6, 6.07) is 5.97. The van der Waals surface area contributed by atoms with Crippen LogP contribution >= 0.6 is 0 Å². The van der Waals surface area contributed by atoms with E-state index in [9.17, 15) is 18.0 Å². The topological polar surface area (TPSA) is 81.8 Å². The van der Waals surface area contributed by atoms with Gasteiger partial charge in [0.2, 0.25) is 11.7 Å². The Bertz CT molecular complexity index is 726. The summed E-state index contributed by atoms with van der Waals surface area (Å²) < 4.78 is 53.8. The van der Waals surface area contributed by atoms with E-state index in [2.05, 4.69) is 4.98 Å². The molecule has 24 heavy (non-hydrogen) atoms. The number of carboxylic acid groups (broad SMARTS) is 1. The Morgan fingerprint density at radius 2 is 2.12 bits per heavy atom. The number of halogens is 3. The normalized spacial score (nSPS) is 12.9. The molecule has 0 saturated carbocycles. The first-order valence-electron chi connectivity index (χ1n) is 6.79. The number of alkyl halides is 3. The second-order valence-corrected chi connectivity index (χ2v) is 4.91. The van der Waals surface area contributed by atoms with Crippen LogP contribution in [0.15, 0.2) is 28.7 Å². The zero-order valence-corrected chi connectivity index (χ0v) is 12.8. The van der Waals surface area contributed by atoms with Crippen LogP contribution in [0.5, 0.6) is 5.75 Å². The maximum Gasteiger partial charge on any atom is 0.437 e. The molecule has 1 unspecified atom stereocenters. The molecule has 0 aliphatic rings. The van der Waals surface area contributed by atoms with E-state index >= 15 is 0 Å². The summed E-state index contributed by atoms with van der Waals surface area (Å²) in [4.78, 5) is 14.2. The first-order chi connectivity index (χ1) is 11.2. The quantitative estimate of drug-likeness (QED) is 0.863. The average molecular weight is 345 g/mol. The standard InChI is InChI=1S/C15H14F3NO5/c1-8(7-22-2)23-10-5-3-4-9(6-10)13-19-12(15(16,17)18)11(24-13)14(20)21/h3-6,8H,7H2,1-2H3,(H,20,21). The minimum atomic E-state index is -4.93. The number of methoxy groups -OCH3 is 1. The predicted molar refractivity (Wildman–Crippen MR) is 75.9 cm³/mol. The number of carbonyl (C=O) groups is 1. The van der Waals surface area contributed by atoms with Crippen LogP contribution < -0.4 is 4.74 Å².